The molecule has 1 aliphatic rings. The molecule has 1 amide bonds. The van der Waals surface area contributed by atoms with Crippen LogP contribution in [-0.4, -0.2) is 38.7 Å². The molecular formula is C21H21F3N6O. The third-order valence-corrected chi connectivity index (χ3v) is 5.49. The molecule has 1 fully saturated rings. The van der Waals surface area contributed by atoms with Crippen molar-refractivity contribution in [3.05, 3.63) is 65.4 Å². The maximum atomic E-state index is 12.9. The van der Waals surface area contributed by atoms with E-state index in [2.05, 4.69) is 25.3 Å². The molecule has 7 nitrogen and oxygen atoms in total. The van der Waals surface area contributed by atoms with Gasteiger partial charge < -0.3 is 10.2 Å². The maximum absolute atomic E-state index is 12.9. The number of carbonyl (C=O) groups is 1. The van der Waals surface area contributed by atoms with Crippen LogP contribution < -0.4 is 10.2 Å². The van der Waals surface area contributed by atoms with Crippen LogP contribution in [0.25, 0.3) is 0 Å². The van der Waals surface area contributed by atoms with E-state index in [1.165, 1.54) is 13.4 Å². The number of aryl methyl sites for hydroxylation is 2. The molecule has 0 bridgehead atoms. The molecule has 2 aromatic heterocycles. The summed E-state index contributed by atoms with van der Waals surface area (Å²) in [4.78, 5) is 23.1. The summed E-state index contributed by atoms with van der Waals surface area (Å²) in [5.41, 5.74) is 2.40. The zero-order chi connectivity index (χ0) is 22.2. The number of carbonyl (C=O) groups excluding carboxylic acids is 1. The van der Waals surface area contributed by atoms with Crippen LogP contribution in [-0.2, 0) is 13.2 Å². The first-order valence-corrected chi connectivity index (χ1v) is 9.75. The van der Waals surface area contributed by atoms with E-state index in [0.29, 0.717) is 5.56 Å². The number of hydrogen-bond donors (Lipinski definition) is 1. The molecule has 1 unspecified atom stereocenters. The molecule has 0 aliphatic carbocycles. The van der Waals surface area contributed by atoms with Crippen LogP contribution in [0.3, 0.4) is 0 Å². The molecule has 10 heteroatoms. The van der Waals surface area contributed by atoms with Crippen molar-refractivity contribution >= 4 is 17.4 Å². The van der Waals surface area contributed by atoms with Gasteiger partial charge in [0.25, 0.3) is 5.91 Å². The van der Waals surface area contributed by atoms with Crippen molar-refractivity contribution in [2.75, 3.05) is 23.3 Å². The van der Waals surface area contributed by atoms with Crippen molar-refractivity contribution in [3.8, 4) is 0 Å². The van der Waals surface area contributed by atoms with E-state index in [1.54, 1.807) is 18.5 Å². The lowest BCUT2D eigenvalue weighted by Gasteiger charge is -2.19. The van der Waals surface area contributed by atoms with Gasteiger partial charge in [-0.2, -0.15) is 18.3 Å². The molecule has 1 N–H and O–H groups in total. The third-order valence-electron chi connectivity index (χ3n) is 5.49. The first-order valence-electron chi connectivity index (χ1n) is 9.75. The summed E-state index contributed by atoms with van der Waals surface area (Å²) in [6, 6.07) is 6.18. The fraction of sp³-hybridized carbons (Fsp3) is 0.333. The van der Waals surface area contributed by atoms with Crippen molar-refractivity contribution in [1.82, 2.24) is 19.7 Å². The highest BCUT2D eigenvalue weighted by Gasteiger charge is 2.35. The van der Waals surface area contributed by atoms with Crippen LogP contribution >= 0.6 is 0 Å². The molecule has 4 rings (SSSR count). The lowest BCUT2D eigenvalue weighted by molar-refractivity contribution is -0.141. The summed E-state index contributed by atoms with van der Waals surface area (Å²) >= 11 is 0. The van der Waals surface area contributed by atoms with Gasteiger partial charge in [-0.1, -0.05) is 6.07 Å². The minimum Gasteiger partial charge on any atom is -0.368 e. The lowest BCUT2D eigenvalue weighted by Crippen LogP contribution is -2.20. The number of halogens is 3. The van der Waals surface area contributed by atoms with E-state index in [1.807, 2.05) is 19.1 Å². The van der Waals surface area contributed by atoms with Crippen LogP contribution in [0, 0.1) is 6.92 Å². The van der Waals surface area contributed by atoms with Crippen LogP contribution in [0.1, 0.15) is 39.5 Å². The van der Waals surface area contributed by atoms with Crippen molar-refractivity contribution < 1.29 is 18.0 Å². The second-order valence-electron chi connectivity index (χ2n) is 7.59. The molecule has 31 heavy (non-hydrogen) atoms. The number of hydrogen-bond acceptors (Lipinski definition) is 5. The van der Waals surface area contributed by atoms with Gasteiger partial charge in [0.1, 0.15) is 12.1 Å². The smallest absolute Gasteiger partial charge is 0.368 e. The molecule has 0 radical (unpaired) electrons. The second-order valence-corrected chi connectivity index (χ2v) is 7.59. The zero-order valence-corrected chi connectivity index (χ0v) is 17.0. The SMILES string of the molecule is Cc1ccc(C(=O)Nc2cc(C(F)(F)F)nn2C)cc1C1CCN(c2cncnc2)C1. The van der Waals surface area contributed by atoms with Crippen LogP contribution in [0.2, 0.25) is 0 Å². The molecule has 1 aromatic carbocycles. The van der Waals surface area contributed by atoms with Gasteiger partial charge in [-0.15, -0.1) is 0 Å². The van der Waals surface area contributed by atoms with E-state index < -0.39 is 17.8 Å². The highest BCUT2D eigenvalue weighted by molar-refractivity contribution is 6.04. The lowest BCUT2D eigenvalue weighted by atomic mass is 9.92. The fourth-order valence-electron chi connectivity index (χ4n) is 3.84. The fourth-order valence-corrected chi connectivity index (χ4v) is 3.84. The van der Waals surface area contributed by atoms with Gasteiger partial charge in [-0.05, 0) is 36.6 Å². The minimum absolute atomic E-state index is 0.0180. The Morgan fingerprint density at radius 1 is 1.19 bits per heavy atom. The van der Waals surface area contributed by atoms with Crippen LogP contribution in [0.5, 0.6) is 0 Å². The van der Waals surface area contributed by atoms with Gasteiger partial charge in [0.2, 0.25) is 0 Å². The van der Waals surface area contributed by atoms with Gasteiger partial charge in [-0.25, -0.2) is 9.97 Å². The van der Waals surface area contributed by atoms with Gasteiger partial charge in [0.15, 0.2) is 5.69 Å². The van der Waals surface area contributed by atoms with Crippen LogP contribution in [0.4, 0.5) is 24.7 Å². The van der Waals surface area contributed by atoms with Crippen molar-refractivity contribution in [3.63, 3.8) is 0 Å². The number of benzene rings is 1. The summed E-state index contributed by atoms with van der Waals surface area (Å²) in [7, 11) is 1.35. The molecule has 1 saturated heterocycles. The predicted octanol–water partition coefficient (Wildman–Crippen LogP) is 3.78. The Kier molecular flexibility index (Phi) is 5.38. The monoisotopic (exact) mass is 430 g/mol. The highest BCUT2D eigenvalue weighted by atomic mass is 19.4. The van der Waals surface area contributed by atoms with E-state index >= 15 is 0 Å². The van der Waals surface area contributed by atoms with E-state index in [0.717, 1.165) is 47.1 Å². The summed E-state index contributed by atoms with van der Waals surface area (Å²) in [6.07, 6.45) is 1.38. The second kappa shape index (κ2) is 8.01. The molecular weight excluding hydrogens is 409 g/mol. The number of alkyl halides is 3. The van der Waals surface area contributed by atoms with Gasteiger partial charge in [0.05, 0.1) is 18.1 Å². The minimum atomic E-state index is -4.57. The first kappa shape index (κ1) is 20.8. The Morgan fingerprint density at radius 3 is 2.61 bits per heavy atom. The maximum Gasteiger partial charge on any atom is 0.435 e. The Balaban J connectivity index is 1.52. The Morgan fingerprint density at radius 2 is 1.94 bits per heavy atom. The predicted molar refractivity (Wildman–Crippen MR) is 109 cm³/mol. The van der Waals surface area contributed by atoms with Gasteiger partial charge in [-0.3, -0.25) is 9.48 Å². The molecule has 162 valence electrons. The first-order chi connectivity index (χ1) is 14.7. The van der Waals surface area contributed by atoms with Crippen molar-refractivity contribution in [2.45, 2.75) is 25.4 Å². The number of anilines is 2. The Labute approximate surface area is 176 Å². The summed E-state index contributed by atoms with van der Waals surface area (Å²) < 4.78 is 39.6. The standard InChI is InChI=1S/C21H21F3N6O/c1-13-3-4-14(20(31)27-19-8-18(21(22,23)24)28-29(19)2)7-17(13)15-5-6-30(11-15)16-9-25-12-26-10-16/h3-4,7-10,12,15H,5-6,11H2,1-2H3,(H,27,31). The molecule has 0 spiro atoms. The van der Waals surface area contributed by atoms with Crippen molar-refractivity contribution in [2.24, 2.45) is 7.05 Å². The Hall–Kier alpha value is -3.43. The largest absolute Gasteiger partial charge is 0.435 e. The number of amides is 1. The number of rotatable bonds is 4. The molecule has 1 atom stereocenters. The number of nitrogens with zero attached hydrogens (tertiary/aromatic N) is 5. The van der Waals surface area contributed by atoms with Crippen LogP contribution in [0.15, 0.2) is 43.0 Å². The average molecular weight is 430 g/mol. The third kappa shape index (κ3) is 4.37. The number of nitrogens with one attached hydrogen (secondary N) is 1. The van der Waals surface area contributed by atoms with Crippen molar-refractivity contribution in [1.29, 1.82) is 0 Å². The zero-order valence-electron chi connectivity index (χ0n) is 17.0. The van der Waals surface area contributed by atoms with E-state index in [-0.39, 0.29) is 11.7 Å². The molecule has 3 aromatic rings. The highest BCUT2D eigenvalue weighted by Crippen LogP contribution is 2.33. The number of aromatic nitrogens is 4. The quantitative estimate of drug-likeness (QED) is 0.682. The van der Waals surface area contributed by atoms with Gasteiger partial charge >= 0.3 is 6.18 Å². The molecule has 1 aliphatic heterocycles. The van der Waals surface area contributed by atoms with E-state index in [9.17, 15) is 18.0 Å². The average Bonchev–Trinajstić information content (AvgIpc) is 3.36. The summed E-state index contributed by atoms with van der Waals surface area (Å²) in [5, 5.41) is 5.95. The summed E-state index contributed by atoms with van der Waals surface area (Å²) in [6.45, 7) is 3.61. The van der Waals surface area contributed by atoms with Gasteiger partial charge in [0, 0.05) is 37.7 Å². The normalized spacial score (nSPS) is 16.5. The topological polar surface area (TPSA) is 75.9 Å². The molecule has 3 heterocycles. The summed E-state index contributed by atoms with van der Waals surface area (Å²) in [5.74, 6) is -0.277. The Bertz CT molecular complexity index is 1100. The molecule has 0 saturated carbocycles. The van der Waals surface area contributed by atoms with E-state index in [4.69, 9.17) is 0 Å².